The quantitative estimate of drug-likeness (QED) is 0.576. The van der Waals surface area contributed by atoms with Gasteiger partial charge in [-0.05, 0) is 35.9 Å². The molecule has 27 heavy (non-hydrogen) atoms. The predicted molar refractivity (Wildman–Crippen MR) is 96.6 cm³/mol. The zero-order valence-electron chi connectivity index (χ0n) is 14.8. The fourth-order valence-electron chi connectivity index (χ4n) is 2.61. The number of nitrogens with zero attached hydrogens (tertiary/aromatic N) is 1. The summed E-state index contributed by atoms with van der Waals surface area (Å²) in [6, 6.07) is 13.9. The van der Waals surface area contributed by atoms with E-state index in [0.717, 1.165) is 12.0 Å². The van der Waals surface area contributed by atoms with Crippen molar-refractivity contribution in [1.29, 1.82) is 5.26 Å². The lowest BCUT2D eigenvalue weighted by atomic mass is 10.1. The molecule has 0 saturated heterocycles. The van der Waals surface area contributed by atoms with E-state index in [4.69, 9.17) is 19.5 Å². The smallest absolute Gasteiger partial charge is 0.306 e. The first kappa shape index (κ1) is 18.5. The molecule has 1 aliphatic heterocycles. The van der Waals surface area contributed by atoms with Crippen LogP contribution in [0.5, 0.6) is 11.5 Å². The summed E-state index contributed by atoms with van der Waals surface area (Å²) in [6.07, 6.45) is 0.860. The molecule has 138 valence electrons. The summed E-state index contributed by atoms with van der Waals surface area (Å²) in [4.78, 5) is 24.2. The number of ketones is 1. The predicted octanol–water partition coefficient (Wildman–Crippen LogP) is 3.43. The highest BCUT2D eigenvalue weighted by Gasteiger charge is 2.15. The molecule has 2 aromatic rings. The summed E-state index contributed by atoms with van der Waals surface area (Å²) < 4.78 is 16.3. The number of benzene rings is 2. The maximum Gasteiger partial charge on any atom is 0.306 e. The van der Waals surface area contributed by atoms with Crippen LogP contribution < -0.4 is 9.47 Å². The summed E-state index contributed by atoms with van der Waals surface area (Å²) in [5.74, 6) is 0.593. The van der Waals surface area contributed by atoms with Gasteiger partial charge in [0, 0.05) is 18.4 Å². The highest BCUT2D eigenvalue weighted by atomic mass is 16.5. The lowest BCUT2D eigenvalue weighted by Gasteiger charge is -2.09. The average molecular weight is 365 g/mol. The molecule has 1 aliphatic rings. The Labute approximate surface area is 157 Å². The Morgan fingerprint density at radius 3 is 2.48 bits per heavy atom. The molecule has 0 radical (unpaired) electrons. The number of hydrogen-bond donors (Lipinski definition) is 0. The standard InChI is InChI=1S/C21H19NO5/c22-13-15-2-4-16(5-3-15)14-27-21(24)9-7-18(23)17-6-8-19-20(12-17)26-11-1-10-25-19/h2-6,8,12H,1,7,9-11,14H2. The Morgan fingerprint density at radius 1 is 1.00 bits per heavy atom. The zero-order chi connectivity index (χ0) is 19.1. The number of carbonyl (C=O) groups excluding carboxylic acids is 2. The second-order valence-corrected chi connectivity index (χ2v) is 6.10. The van der Waals surface area contributed by atoms with Crippen molar-refractivity contribution in [2.75, 3.05) is 13.2 Å². The van der Waals surface area contributed by atoms with Crippen molar-refractivity contribution in [3.8, 4) is 17.6 Å². The van der Waals surface area contributed by atoms with Crippen molar-refractivity contribution < 1.29 is 23.8 Å². The average Bonchev–Trinajstić information content (AvgIpc) is 2.95. The van der Waals surface area contributed by atoms with Gasteiger partial charge >= 0.3 is 5.97 Å². The monoisotopic (exact) mass is 365 g/mol. The molecule has 6 heteroatoms. The molecule has 0 aliphatic carbocycles. The van der Waals surface area contributed by atoms with E-state index in [1.54, 1.807) is 42.5 Å². The van der Waals surface area contributed by atoms with Gasteiger partial charge in [-0.2, -0.15) is 5.26 Å². The summed E-state index contributed by atoms with van der Waals surface area (Å²) >= 11 is 0. The summed E-state index contributed by atoms with van der Waals surface area (Å²) in [5, 5.41) is 8.76. The van der Waals surface area contributed by atoms with E-state index in [1.807, 2.05) is 6.07 Å². The number of rotatable bonds is 6. The summed E-state index contributed by atoms with van der Waals surface area (Å²) in [7, 11) is 0. The van der Waals surface area contributed by atoms with Gasteiger partial charge in [-0.25, -0.2) is 0 Å². The SMILES string of the molecule is N#Cc1ccc(COC(=O)CCC(=O)c2ccc3c(c2)OCCCO3)cc1. The molecular formula is C21H19NO5. The Bertz CT molecular complexity index is 867. The topological polar surface area (TPSA) is 85.6 Å². The van der Waals surface area contributed by atoms with Crippen LogP contribution in [0.25, 0.3) is 0 Å². The van der Waals surface area contributed by atoms with Crippen LogP contribution in [0.4, 0.5) is 0 Å². The van der Waals surface area contributed by atoms with Crippen LogP contribution in [0.3, 0.4) is 0 Å². The van der Waals surface area contributed by atoms with Crippen LogP contribution >= 0.6 is 0 Å². The minimum absolute atomic E-state index is 0.00353. The maximum absolute atomic E-state index is 12.3. The fraction of sp³-hybridized carbons (Fsp3) is 0.286. The van der Waals surface area contributed by atoms with Gasteiger partial charge < -0.3 is 14.2 Å². The molecule has 0 unspecified atom stereocenters. The van der Waals surface area contributed by atoms with Crippen molar-refractivity contribution >= 4 is 11.8 Å². The molecule has 1 heterocycles. The number of esters is 1. The van der Waals surface area contributed by atoms with Crippen LogP contribution in [0.15, 0.2) is 42.5 Å². The number of carbonyl (C=O) groups is 2. The van der Waals surface area contributed by atoms with E-state index >= 15 is 0 Å². The minimum Gasteiger partial charge on any atom is -0.490 e. The molecule has 6 nitrogen and oxygen atoms in total. The molecular weight excluding hydrogens is 346 g/mol. The van der Waals surface area contributed by atoms with E-state index in [2.05, 4.69) is 0 Å². The third-order valence-corrected chi connectivity index (χ3v) is 4.11. The zero-order valence-corrected chi connectivity index (χ0v) is 14.8. The Morgan fingerprint density at radius 2 is 1.74 bits per heavy atom. The normalized spacial score (nSPS) is 12.6. The highest BCUT2D eigenvalue weighted by molar-refractivity contribution is 5.98. The highest BCUT2D eigenvalue weighted by Crippen LogP contribution is 2.30. The van der Waals surface area contributed by atoms with Crippen LogP contribution in [0.1, 0.15) is 40.7 Å². The Kier molecular flexibility index (Phi) is 6.06. The number of Topliss-reactive ketones (excluding diaryl/α,β-unsaturated/α-hetero) is 1. The molecule has 3 rings (SSSR count). The molecule has 0 amide bonds. The molecule has 2 aromatic carbocycles. The van der Waals surface area contributed by atoms with Gasteiger partial charge in [0.25, 0.3) is 0 Å². The molecule has 0 atom stereocenters. The molecule has 0 fully saturated rings. The van der Waals surface area contributed by atoms with Gasteiger partial charge in [0.15, 0.2) is 17.3 Å². The van der Waals surface area contributed by atoms with Crippen molar-refractivity contribution in [1.82, 2.24) is 0 Å². The lowest BCUT2D eigenvalue weighted by molar-refractivity contribution is -0.144. The molecule has 0 saturated carbocycles. The van der Waals surface area contributed by atoms with Crippen molar-refractivity contribution in [2.45, 2.75) is 25.9 Å². The summed E-state index contributed by atoms with van der Waals surface area (Å²) in [5.41, 5.74) is 1.82. The maximum atomic E-state index is 12.3. The second-order valence-electron chi connectivity index (χ2n) is 6.10. The van der Waals surface area contributed by atoms with E-state index in [0.29, 0.717) is 35.8 Å². The lowest BCUT2D eigenvalue weighted by Crippen LogP contribution is -2.08. The van der Waals surface area contributed by atoms with Crippen LogP contribution in [-0.2, 0) is 16.1 Å². The minimum atomic E-state index is -0.443. The third kappa shape index (κ3) is 5.08. The van der Waals surface area contributed by atoms with Crippen LogP contribution in [-0.4, -0.2) is 25.0 Å². The van der Waals surface area contributed by atoms with Gasteiger partial charge in [0.2, 0.25) is 0 Å². The Balaban J connectivity index is 1.49. The van der Waals surface area contributed by atoms with Crippen LogP contribution in [0, 0.1) is 11.3 Å². The van der Waals surface area contributed by atoms with E-state index in [9.17, 15) is 9.59 Å². The van der Waals surface area contributed by atoms with Crippen LogP contribution in [0.2, 0.25) is 0 Å². The molecule has 0 aromatic heterocycles. The largest absolute Gasteiger partial charge is 0.490 e. The number of nitriles is 1. The van der Waals surface area contributed by atoms with Gasteiger partial charge in [-0.1, -0.05) is 12.1 Å². The number of fused-ring (bicyclic) bond motifs is 1. The van der Waals surface area contributed by atoms with E-state index < -0.39 is 5.97 Å². The van der Waals surface area contributed by atoms with E-state index in [1.165, 1.54) is 0 Å². The van der Waals surface area contributed by atoms with E-state index in [-0.39, 0.29) is 25.2 Å². The van der Waals surface area contributed by atoms with Gasteiger partial charge in [-0.15, -0.1) is 0 Å². The first-order valence-corrected chi connectivity index (χ1v) is 8.73. The number of hydrogen-bond acceptors (Lipinski definition) is 6. The molecule has 0 bridgehead atoms. The van der Waals surface area contributed by atoms with Crippen molar-refractivity contribution in [2.24, 2.45) is 0 Å². The van der Waals surface area contributed by atoms with Gasteiger partial charge in [0.05, 0.1) is 31.3 Å². The van der Waals surface area contributed by atoms with Crippen molar-refractivity contribution in [3.05, 3.63) is 59.2 Å². The fourth-order valence-corrected chi connectivity index (χ4v) is 2.61. The molecule has 0 spiro atoms. The summed E-state index contributed by atoms with van der Waals surface area (Å²) in [6.45, 7) is 1.25. The van der Waals surface area contributed by atoms with Gasteiger partial charge in [-0.3, -0.25) is 9.59 Å². The second kappa shape index (κ2) is 8.86. The first-order chi connectivity index (χ1) is 13.2. The molecule has 0 N–H and O–H groups in total. The van der Waals surface area contributed by atoms with Gasteiger partial charge in [0.1, 0.15) is 6.61 Å². The first-order valence-electron chi connectivity index (χ1n) is 8.73. The number of ether oxygens (including phenoxy) is 3. The van der Waals surface area contributed by atoms with Crippen molar-refractivity contribution in [3.63, 3.8) is 0 Å². The Hall–Kier alpha value is -3.33. The third-order valence-electron chi connectivity index (χ3n) is 4.11.